The van der Waals surface area contributed by atoms with Gasteiger partial charge >= 0.3 is 0 Å². The Hall–Kier alpha value is -1.37. The van der Waals surface area contributed by atoms with Crippen molar-refractivity contribution in [2.45, 2.75) is 58.7 Å². The van der Waals surface area contributed by atoms with E-state index in [9.17, 15) is 0 Å². The van der Waals surface area contributed by atoms with E-state index in [1.165, 1.54) is 30.4 Å². The van der Waals surface area contributed by atoms with E-state index in [1.54, 1.807) is 0 Å². The summed E-state index contributed by atoms with van der Waals surface area (Å²) in [7, 11) is 0. The van der Waals surface area contributed by atoms with Crippen molar-refractivity contribution in [3.63, 3.8) is 0 Å². The van der Waals surface area contributed by atoms with Crippen LogP contribution < -0.4 is 5.43 Å². The zero-order valence-electron chi connectivity index (χ0n) is 12.1. The Morgan fingerprint density at radius 3 is 2.58 bits per heavy atom. The Balaban J connectivity index is 2.00. The van der Waals surface area contributed by atoms with Crippen LogP contribution in [0.25, 0.3) is 0 Å². The van der Waals surface area contributed by atoms with Gasteiger partial charge in [0.2, 0.25) is 0 Å². The number of benzene rings is 1. The van der Waals surface area contributed by atoms with Gasteiger partial charge in [-0.1, -0.05) is 12.5 Å². The number of piperidine rings is 1. The number of nitrogens with one attached hydrogen (secondary N) is 1. The van der Waals surface area contributed by atoms with Gasteiger partial charge in [0.25, 0.3) is 0 Å². The Morgan fingerprint density at radius 2 is 2.00 bits per heavy atom. The smallest absolute Gasteiger partial charge is 0.0991 e. The molecule has 1 aromatic carbocycles. The molecule has 1 fully saturated rings. The maximum absolute atomic E-state index is 8.88. The minimum absolute atomic E-state index is 0.599. The summed E-state index contributed by atoms with van der Waals surface area (Å²) < 4.78 is 0. The van der Waals surface area contributed by atoms with Crippen molar-refractivity contribution in [2.75, 3.05) is 0 Å². The van der Waals surface area contributed by atoms with Gasteiger partial charge in [0.15, 0.2) is 0 Å². The van der Waals surface area contributed by atoms with Crippen LogP contribution in [0, 0.1) is 18.3 Å². The van der Waals surface area contributed by atoms with Gasteiger partial charge in [-0.05, 0) is 56.9 Å². The normalized spacial score (nSPS) is 24.1. The Bertz CT molecular complexity index is 465. The molecule has 1 aliphatic rings. The SMILES string of the molecule is Cc1cc(C#N)ccc1CNN1C(C)CCCC1C. The van der Waals surface area contributed by atoms with Crippen LogP contribution >= 0.6 is 0 Å². The van der Waals surface area contributed by atoms with E-state index in [4.69, 9.17) is 5.26 Å². The van der Waals surface area contributed by atoms with Crippen molar-refractivity contribution >= 4 is 0 Å². The van der Waals surface area contributed by atoms with E-state index in [0.29, 0.717) is 12.1 Å². The second-order valence-electron chi connectivity index (χ2n) is 5.62. The number of rotatable bonds is 3. The quantitative estimate of drug-likeness (QED) is 0.904. The predicted octanol–water partition coefficient (Wildman–Crippen LogP) is 3.13. The lowest BCUT2D eigenvalue weighted by Gasteiger charge is -2.39. The van der Waals surface area contributed by atoms with Crippen molar-refractivity contribution < 1.29 is 0 Å². The topological polar surface area (TPSA) is 39.1 Å². The molecule has 102 valence electrons. The summed E-state index contributed by atoms with van der Waals surface area (Å²) >= 11 is 0. The highest BCUT2D eigenvalue weighted by Gasteiger charge is 2.24. The van der Waals surface area contributed by atoms with Gasteiger partial charge in [0.05, 0.1) is 11.6 Å². The minimum atomic E-state index is 0.599. The molecule has 2 rings (SSSR count). The molecule has 0 saturated carbocycles. The number of hydrazine groups is 1. The van der Waals surface area contributed by atoms with Gasteiger partial charge in [0.1, 0.15) is 0 Å². The molecule has 1 saturated heterocycles. The molecule has 1 aliphatic heterocycles. The third-order valence-electron chi connectivity index (χ3n) is 4.12. The predicted molar refractivity (Wildman–Crippen MR) is 77.3 cm³/mol. The van der Waals surface area contributed by atoms with Crippen molar-refractivity contribution in [2.24, 2.45) is 0 Å². The van der Waals surface area contributed by atoms with Crippen molar-refractivity contribution in [1.29, 1.82) is 5.26 Å². The summed E-state index contributed by atoms with van der Waals surface area (Å²) in [5.74, 6) is 0. The first kappa shape index (κ1) is 14.0. The van der Waals surface area contributed by atoms with E-state index in [0.717, 1.165) is 12.1 Å². The first-order chi connectivity index (χ1) is 9.11. The molecule has 1 aromatic rings. The second-order valence-corrected chi connectivity index (χ2v) is 5.62. The molecule has 0 aromatic heterocycles. The van der Waals surface area contributed by atoms with Crippen molar-refractivity contribution in [3.05, 3.63) is 34.9 Å². The van der Waals surface area contributed by atoms with E-state index < -0.39 is 0 Å². The summed E-state index contributed by atoms with van der Waals surface area (Å²) in [5, 5.41) is 11.3. The molecule has 0 bridgehead atoms. The first-order valence-corrected chi connectivity index (χ1v) is 7.13. The van der Waals surface area contributed by atoms with Gasteiger partial charge < -0.3 is 0 Å². The third kappa shape index (κ3) is 3.34. The molecule has 3 nitrogen and oxygen atoms in total. The highest BCUT2D eigenvalue weighted by Crippen LogP contribution is 2.21. The summed E-state index contributed by atoms with van der Waals surface area (Å²) in [6.45, 7) is 7.48. The molecule has 0 aliphatic carbocycles. The molecular formula is C16H23N3. The van der Waals surface area contributed by atoms with Crippen LogP contribution in [0.1, 0.15) is 49.8 Å². The number of hydrogen-bond donors (Lipinski definition) is 1. The molecule has 3 heteroatoms. The van der Waals surface area contributed by atoms with Crippen LogP contribution in [0.5, 0.6) is 0 Å². The Kier molecular flexibility index (Phi) is 4.57. The summed E-state index contributed by atoms with van der Waals surface area (Å²) in [6.07, 6.45) is 3.86. The fourth-order valence-electron chi connectivity index (χ4n) is 2.87. The second kappa shape index (κ2) is 6.18. The molecule has 0 spiro atoms. The average Bonchev–Trinajstić information content (AvgIpc) is 2.39. The fraction of sp³-hybridized carbons (Fsp3) is 0.562. The Morgan fingerprint density at radius 1 is 1.32 bits per heavy atom. The number of nitriles is 1. The number of aryl methyl sites for hydroxylation is 1. The molecule has 0 amide bonds. The van der Waals surface area contributed by atoms with Crippen LogP contribution in [0.4, 0.5) is 0 Å². The van der Waals surface area contributed by atoms with E-state index in [2.05, 4.69) is 43.3 Å². The number of hydrogen-bond acceptors (Lipinski definition) is 3. The highest BCUT2D eigenvalue weighted by molar-refractivity contribution is 5.37. The molecule has 2 atom stereocenters. The Labute approximate surface area is 116 Å². The summed E-state index contributed by atoms with van der Waals surface area (Å²) in [6, 6.07) is 9.29. The monoisotopic (exact) mass is 257 g/mol. The van der Waals surface area contributed by atoms with Gasteiger partial charge in [-0.2, -0.15) is 5.26 Å². The fourth-order valence-corrected chi connectivity index (χ4v) is 2.87. The molecule has 19 heavy (non-hydrogen) atoms. The molecule has 1 heterocycles. The van der Waals surface area contributed by atoms with Crippen LogP contribution in [0.3, 0.4) is 0 Å². The lowest BCUT2D eigenvalue weighted by molar-refractivity contribution is 0.0435. The molecule has 1 N–H and O–H groups in total. The van der Waals surface area contributed by atoms with E-state index >= 15 is 0 Å². The zero-order chi connectivity index (χ0) is 13.8. The first-order valence-electron chi connectivity index (χ1n) is 7.13. The summed E-state index contributed by atoms with van der Waals surface area (Å²) in [4.78, 5) is 0. The summed E-state index contributed by atoms with van der Waals surface area (Å²) in [5.41, 5.74) is 6.75. The molecule has 0 radical (unpaired) electrons. The van der Waals surface area contributed by atoms with Crippen molar-refractivity contribution in [1.82, 2.24) is 10.4 Å². The van der Waals surface area contributed by atoms with Gasteiger partial charge in [-0.15, -0.1) is 0 Å². The third-order valence-corrected chi connectivity index (χ3v) is 4.12. The van der Waals surface area contributed by atoms with Gasteiger partial charge in [-0.3, -0.25) is 5.43 Å². The van der Waals surface area contributed by atoms with Crippen molar-refractivity contribution in [3.8, 4) is 6.07 Å². The zero-order valence-corrected chi connectivity index (χ0v) is 12.1. The van der Waals surface area contributed by atoms with Crippen LogP contribution in [-0.4, -0.2) is 17.1 Å². The molecular weight excluding hydrogens is 234 g/mol. The highest BCUT2D eigenvalue weighted by atomic mass is 15.5. The maximum Gasteiger partial charge on any atom is 0.0991 e. The largest absolute Gasteiger partial charge is 0.250 e. The van der Waals surface area contributed by atoms with Crippen LogP contribution in [-0.2, 0) is 6.54 Å². The molecule has 2 unspecified atom stereocenters. The lowest BCUT2D eigenvalue weighted by atomic mass is 9.99. The van der Waals surface area contributed by atoms with Gasteiger partial charge in [0, 0.05) is 18.6 Å². The van der Waals surface area contributed by atoms with Crippen LogP contribution in [0.15, 0.2) is 18.2 Å². The maximum atomic E-state index is 8.88. The van der Waals surface area contributed by atoms with Crippen LogP contribution in [0.2, 0.25) is 0 Å². The number of nitrogens with zero attached hydrogens (tertiary/aromatic N) is 2. The average molecular weight is 257 g/mol. The van der Waals surface area contributed by atoms with Gasteiger partial charge in [-0.25, -0.2) is 5.01 Å². The van der Waals surface area contributed by atoms with E-state index in [1.807, 2.05) is 12.1 Å². The standard InChI is InChI=1S/C16H23N3/c1-12-9-15(10-17)7-8-16(12)11-18-19-13(2)5-4-6-14(19)3/h7-9,13-14,18H,4-6,11H2,1-3H3. The van der Waals surface area contributed by atoms with E-state index in [-0.39, 0.29) is 0 Å². The minimum Gasteiger partial charge on any atom is -0.250 e. The lowest BCUT2D eigenvalue weighted by Crippen LogP contribution is -2.51.